The molecule has 30 heavy (non-hydrogen) atoms. The van der Waals surface area contributed by atoms with Crippen molar-refractivity contribution in [2.45, 2.75) is 89.3 Å². The van der Waals surface area contributed by atoms with E-state index in [1.54, 1.807) is 0 Å². The molecule has 0 bridgehead atoms. The molecule has 1 N–H and O–H groups in total. The van der Waals surface area contributed by atoms with Crippen LogP contribution in [0.2, 0.25) is 0 Å². The zero-order valence-corrected chi connectivity index (χ0v) is 19.4. The molecule has 1 saturated carbocycles. The van der Waals surface area contributed by atoms with Crippen LogP contribution in [-0.2, 0) is 4.74 Å². The fourth-order valence-electron chi connectivity index (χ4n) is 6.12. The van der Waals surface area contributed by atoms with E-state index in [1.807, 2.05) is 4.90 Å². The van der Waals surface area contributed by atoms with E-state index in [0.717, 1.165) is 64.1 Å². The van der Waals surface area contributed by atoms with Crippen LogP contribution < -0.4 is 5.32 Å². The van der Waals surface area contributed by atoms with Crippen LogP contribution >= 0.6 is 0 Å². The maximum absolute atomic E-state index is 12.7. The molecule has 3 saturated heterocycles. The molecule has 0 unspecified atom stereocenters. The fraction of sp³-hybridized carbons (Fsp3) is 0.958. The average Bonchev–Trinajstić information content (AvgIpc) is 2.75. The molecule has 4 fully saturated rings. The van der Waals surface area contributed by atoms with Gasteiger partial charge in [0.2, 0.25) is 0 Å². The maximum Gasteiger partial charge on any atom is 0.317 e. The maximum atomic E-state index is 12.7. The van der Waals surface area contributed by atoms with Crippen LogP contribution in [0.1, 0.15) is 71.6 Å². The Morgan fingerprint density at radius 1 is 1.00 bits per heavy atom. The second kappa shape index (κ2) is 10.2. The van der Waals surface area contributed by atoms with Crippen molar-refractivity contribution in [3.63, 3.8) is 0 Å². The standard InChI is InChI=1S/C24H44N4O2/c1-20(2)19-26-13-15-27(16-14-26)22-8-17-30-24(18-22)9-11-28(12-10-24)23(29)25-21-6-4-3-5-7-21/h20-22H,3-19H2,1-2H3,(H,25,29)/t22-/m0/s1. The number of likely N-dealkylation sites (tertiary alicyclic amines) is 1. The van der Waals surface area contributed by atoms with Gasteiger partial charge in [-0.25, -0.2) is 4.79 Å². The van der Waals surface area contributed by atoms with Crippen LogP contribution in [0.3, 0.4) is 0 Å². The second-order valence-electron chi connectivity index (χ2n) is 10.7. The second-order valence-corrected chi connectivity index (χ2v) is 10.7. The van der Waals surface area contributed by atoms with E-state index in [2.05, 4.69) is 29.0 Å². The number of amides is 2. The quantitative estimate of drug-likeness (QED) is 0.758. The SMILES string of the molecule is CC(C)CN1CCN([C@H]2CCOC3(CCN(C(=O)NC4CCCCC4)CC3)C2)CC1. The number of nitrogens with zero attached hydrogens (tertiary/aromatic N) is 3. The van der Waals surface area contributed by atoms with E-state index < -0.39 is 0 Å². The van der Waals surface area contributed by atoms with Crippen LogP contribution in [-0.4, -0.2) is 90.8 Å². The van der Waals surface area contributed by atoms with Crippen molar-refractivity contribution >= 4 is 6.03 Å². The predicted octanol–water partition coefficient (Wildman–Crippen LogP) is 3.32. The van der Waals surface area contributed by atoms with Crippen molar-refractivity contribution in [2.24, 2.45) is 5.92 Å². The Labute approximate surface area is 183 Å². The van der Waals surface area contributed by atoms with E-state index in [0.29, 0.717) is 12.1 Å². The van der Waals surface area contributed by atoms with Gasteiger partial charge in [0.05, 0.1) is 5.60 Å². The van der Waals surface area contributed by atoms with E-state index >= 15 is 0 Å². The van der Waals surface area contributed by atoms with E-state index in [1.165, 1.54) is 52.0 Å². The summed E-state index contributed by atoms with van der Waals surface area (Å²) in [5, 5.41) is 3.29. The third kappa shape index (κ3) is 5.68. The molecule has 2 amide bonds. The molecule has 6 nitrogen and oxygen atoms in total. The normalized spacial score (nSPS) is 29.4. The van der Waals surface area contributed by atoms with Crippen LogP contribution in [0, 0.1) is 5.92 Å². The monoisotopic (exact) mass is 420 g/mol. The summed E-state index contributed by atoms with van der Waals surface area (Å²) in [5.41, 5.74) is -0.000395. The van der Waals surface area contributed by atoms with Crippen molar-refractivity contribution in [3.05, 3.63) is 0 Å². The molecular weight excluding hydrogens is 376 g/mol. The van der Waals surface area contributed by atoms with Crippen molar-refractivity contribution in [2.75, 3.05) is 52.4 Å². The first kappa shape index (κ1) is 22.3. The lowest BCUT2D eigenvalue weighted by molar-refractivity contribution is -0.132. The highest BCUT2D eigenvalue weighted by atomic mass is 16.5. The number of ether oxygens (including phenoxy) is 1. The van der Waals surface area contributed by atoms with Crippen molar-refractivity contribution in [1.82, 2.24) is 20.0 Å². The van der Waals surface area contributed by atoms with E-state index in [4.69, 9.17) is 4.74 Å². The Kier molecular flexibility index (Phi) is 7.58. The van der Waals surface area contributed by atoms with Gasteiger partial charge in [-0.3, -0.25) is 4.90 Å². The zero-order chi connectivity index (χ0) is 21.0. The Balaban J connectivity index is 1.23. The summed E-state index contributed by atoms with van der Waals surface area (Å²) in [5.74, 6) is 0.753. The minimum atomic E-state index is -0.000395. The van der Waals surface area contributed by atoms with Gasteiger partial charge in [-0.05, 0) is 44.4 Å². The van der Waals surface area contributed by atoms with Crippen molar-refractivity contribution in [1.29, 1.82) is 0 Å². The van der Waals surface area contributed by atoms with Gasteiger partial charge in [-0.1, -0.05) is 33.1 Å². The highest BCUT2D eigenvalue weighted by Gasteiger charge is 2.43. The summed E-state index contributed by atoms with van der Waals surface area (Å²) in [6.07, 6.45) is 10.4. The van der Waals surface area contributed by atoms with Crippen LogP contribution in [0.5, 0.6) is 0 Å². The third-order valence-corrected chi connectivity index (χ3v) is 7.91. The predicted molar refractivity (Wildman–Crippen MR) is 121 cm³/mol. The van der Waals surface area contributed by atoms with Crippen molar-refractivity contribution in [3.8, 4) is 0 Å². The largest absolute Gasteiger partial charge is 0.375 e. The Morgan fingerprint density at radius 3 is 2.37 bits per heavy atom. The minimum absolute atomic E-state index is 0.000395. The molecule has 0 aromatic carbocycles. The molecule has 1 aliphatic carbocycles. The molecule has 1 atom stereocenters. The van der Waals surface area contributed by atoms with Crippen LogP contribution in [0.15, 0.2) is 0 Å². The first-order valence-corrected chi connectivity index (χ1v) is 12.7. The van der Waals surface area contributed by atoms with Crippen LogP contribution in [0.25, 0.3) is 0 Å². The first-order chi connectivity index (χ1) is 14.5. The lowest BCUT2D eigenvalue weighted by Gasteiger charge is -2.49. The summed E-state index contributed by atoms with van der Waals surface area (Å²) in [7, 11) is 0. The molecular formula is C24H44N4O2. The van der Waals surface area contributed by atoms with E-state index in [9.17, 15) is 4.79 Å². The van der Waals surface area contributed by atoms with E-state index in [-0.39, 0.29) is 11.6 Å². The lowest BCUT2D eigenvalue weighted by atomic mass is 9.81. The van der Waals surface area contributed by atoms with Gasteiger partial charge in [0.1, 0.15) is 0 Å². The van der Waals surface area contributed by atoms with Gasteiger partial charge in [0, 0.05) is 64.5 Å². The van der Waals surface area contributed by atoms with Crippen LogP contribution in [0.4, 0.5) is 4.79 Å². The summed E-state index contributed by atoms with van der Waals surface area (Å²) >= 11 is 0. The molecule has 3 aliphatic heterocycles. The Bertz CT molecular complexity index is 547. The fourth-order valence-corrected chi connectivity index (χ4v) is 6.12. The first-order valence-electron chi connectivity index (χ1n) is 12.7. The number of carbonyl (C=O) groups is 1. The highest BCUT2D eigenvalue weighted by molar-refractivity contribution is 5.74. The van der Waals surface area contributed by atoms with Crippen molar-refractivity contribution < 1.29 is 9.53 Å². The summed E-state index contributed by atoms with van der Waals surface area (Å²) < 4.78 is 6.38. The molecule has 1 spiro atoms. The lowest BCUT2D eigenvalue weighted by Crippen LogP contribution is -2.58. The van der Waals surface area contributed by atoms with Gasteiger partial charge in [-0.15, -0.1) is 0 Å². The van der Waals surface area contributed by atoms with Gasteiger partial charge in [0.25, 0.3) is 0 Å². The third-order valence-electron chi connectivity index (χ3n) is 7.91. The number of carbonyl (C=O) groups excluding carboxylic acids is 1. The van der Waals surface area contributed by atoms with Gasteiger partial charge in [0.15, 0.2) is 0 Å². The number of nitrogens with one attached hydrogen (secondary N) is 1. The Morgan fingerprint density at radius 2 is 1.70 bits per heavy atom. The number of urea groups is 1. The topological polar surface area (TPSA) is 48.1 Å². The highest BCUT2D eigenvalue weighted by Crippen LogP contribution is 2.37. The number of piperazine rings is 1. The molecule has 4 aliphatic rings. The Hall–Kier alpha value is -0.850. The van der Waals surface area contributed by atoms with Gasteiger partial charge < -0.3 is 19.9 Å². The molecule has 172 valence electrons. The smallest absolute Gasteiger partial charge is 0.317 e. The molecule has 0 aromatic rings. The van der Waals surface area contributed by atoms with Gasteiger partial charge in [-0.2, -0.15) is 0 Å². The summed E-state index contributed by atoms with van der Waals surface area (Å²) in [4.78, 5) is 20.1. The molecule has 0 radical (unpaired) electrons. The number of hydrogen-bond acceptors (Lipinski definition) is 4. The summed E-state index contributed by atoms with van der Waals surface area (Å²) in [6.45, 7) is 13.2. The van der Waals surface area contributed by atoms with Gasteiger partial charge >= 0.3 is 6.03 Å². The zero-order valence-electron chi connectivity index (χ0n) is 19.4. The molecule has 3 heterocycles. The summed E-state index contributed by atoms with van der Waals surface area (Å²) in [6, 6.07) is 1.21. The molecule has 0 aromatic heterocycles. The number of rotatable bonds is 4. The average molecular weight is 421 g/mol. The molecule has 4 rings (SSSR count). The minimum Gasteiger partial charge on any atom is -0.375 e. The number of hydrogen-bond donors (Lipinski definition) is 1. The number of piperidine rings is 1. The molecule has 6 heteroatoms.